The Morgan fingerprint density at radius 2 is 1.96 bits per heavy atom. The normalized spacial score (nSPS) is 11.0. The Labute approximate surface area is 156 Å². The number of rotatable bonds is 8. The van der Waals surface area contributed by atoms with E-state index < -0.39 is 20.9 Å². The lowest BCUT2D eigenvalue weighted by Gasteiger charge is -2.12. The zero-order chi connectivity index (χ0) is 20.0. The third kappa shape index (κ3) is 5.02. The van der Waals surface area contributed by atoms with Crippen molar-refractivity contribution in [3.05, 3.63) is 58.1 Å². The number of carbonyl (C=O) groups is 1. The Morgan fingerprint density at radius 3 is 2.59 bits per heavy atom. The van der Waals surface area contributed by atoms with Gasteiger partial charge in [0, 0.05) is 29.9 Å². The van der Waals surface area contributed by atoms with Crippen LogP contribution in [0.5, 0.6) is 5.75 Å². The van der Waals surface area contributed by atoms with Crippen molar-refractivity contribution in [2.24, 2.45) is 0 Å². The molecule has 10 heteroatoms. The number of methoxy groups -OCH3 is 1. The first-order chi connectivity index (χ1) is 12.8. The second kappa shape index (κ2) is 8.60. The van der Waals surface area contributed by atoms with Crippen LogP contribution in [0.25, 0.3) is 0 Å². The first kappa shape index (κ1) is 20.3. The van der Waals surface area contributed by atoms with Gasteiger partial charge in [0.05, 0.1) is 12.0 Å². The number of nitrogens with one attached hydrogen (secondary N) is 2. The van der Waals surface area contributed by atoms with E-state index in [1.54, 1.807) is 0 Å². The number of ether oxygens (including phenoxy) is 1. The standard InChI is InChI=1S/C17H19N3O6S/c1-3-9-18-27(24,25)16-10-12(7-8-15(16)26-2)17(21)19-13-5-4-6-14(11-13)20(22)23/h4-8,10-11,18H,3,9H2,1-2H3,(H,19,21). The molecular weight excluding hydrogens is 374 g/mol. The Morgan fingerprint density at radius 1 is 1.22 bits per heavy atom. The molecule has 144 valence electrons. The van der Waals surface area contributed by atoms with Crippen LogP contribution in [0.1, 0.15) is 23.7 Å². The summed E-state index contributed by atoms with van der Waals surface area (Å²) in [5.41, 5.74) is 0.118. The average molecular weight is 393 g/mol. The number of amides is 1. The number of sulfonamides is 1. The van der Waals surface area contributed by atoms with E-state index in [1.807, 2.05) is 6.92 Å². The lowest BCUT2D eigenvalue weighted by molar-refractivity contribution is -0.384. The maximum absolute atomic E-state index is 12.5. The summed E-state index contributed by atoms with van der Waals surface area (Å²) in [4.78, 5) is 22.5. The first-order valence-electron chi connectivity index (χ1n) is 8.02. The van der Waals surface area contributed by atoms with E-state index in [0.29, 0.717) is 6.42 Å². The Hall–Kier alpha value is -2.98. The predicted octanol–water partition coefficient (Wildman–Crippen LogP) is 2.54. The van der Waals surface area contributed by atoms with Crippen molar-refractivity contribution < 1.29 is 22.9 Å². The molecule has 0 heterocycles. The molecule has 0 fully saturated rings. The highest BCUT2D eigenvalue weighted by Crippen LogP contribution is 2.25. The fourth-order valence-corrected chi connectivity index (χ4v) is 3.57. The molecule has 0 bridgehead atoms. The summed E-state index contributed by atoms with van der Waals surface area (Å²) in [6, 6.07) is 9.42. The molecule has 2 aromatic rings. The Balaban J connectivity index is 2.33. The van der Waals surface area contributed by atoms with Crippen molar-refractivity contribution in [3.8, 4) is 5.75 Å². The highest BCUT2D eigenvalue weighted by atomic mass is 32.2. The minimum atomic E-state index is -3.86. The summed E-state index contributed by atoms with van der Waals surface area (Å²) in [5, 5.41) is 13.3. The van der Waals surface area contributed by atoms with Gasteiger partial charge in [0.15, 0.2) is 0 Å². The van der Waals surface area contributed by atoms with Gasteiger partial charge in [-0.25, -0.2) is 13.1 Å². The van der Waals surface area contributed by atoms with Crippen molar-refractivity contribution in [1.82, 2.24) is 4.72 Å². The van der Waals surface area contributed by atoms with Gasteiger partial charge in [0.2, 0.25) is 10.0 Å². The zero-order valence-corrected chi connectivity index (χ0v) is 15.6. The van der Waals surface area contributed by atoms with Crippen molar-refractivity contribution in [2.45, 2.75) is 18.2 Å². The minimum absolute atomic E-state index is 0.0687. The van der Waals surface area contributed by atoms with E-state index in [-0.39, 0.29) is 34.1 Å². The van der Waals surface area contributed by atoms with Gasteiger partial charge < -0.3 is 10.1 Å². The quantitative estimate of drug-likeness (QED) is 0.524. The van der Waals surface area contributed by atoms with Crippen molar-refractivity contribution in [2.75, 3.05) is 19.0 Å². The summed E-state index contributed by atoms with van der Waals surface area (Å²) in [6.45, 7) is 2.07. The second-order valence-corrected chi connectivity index (χ2v) is 7.26. The highest BCUT2D eigenvalue weighted by Gasteiger charge is 2.21. The van der Waals surface area contributed by atoms with Crippen molar-refractivity contribution in [3.63, 3.8) is 0 Å². The van der Waals surface area contributed by atoms with Crippen LogP contribution < -0.4 is 14.8 Å². The van der Waals surface area contributed by atoms with Gasteiger partial charge in [-0.1, -0.05) is 13.0 Å². The molecule has 0 radical (unpaired) electrons. The van der Waals surface area contributed by atoms with Gasteiger partial charge in [0.1, 0.15) is 10.6 Å². The summed E-state index contributed by atoms with van der Waals surface area (Å²) in [7, 11) is -2.53. The second-order valence-electron chi connectivity index (χ2n) is 5.52. The molecule has 9 nitrogen and oxygen atoms in total. The lowest BCUT2D eigenvalue weighted by Crippen LogP contribution is -2.25. The summed E-state index contributed by atoms with van der Waals surface area (Å²) in [5.74, 6) is -0.504. The zero-order valence-electron chi connectivity index (χ0n) is 14.8. The van der Waals surface area contributed by atoms with Crippen LogP contribution in [-0.4, -0.2) is 32.9 Å². The van der Waals surface area contributed by atoms with Crippen LogP contribution in [0.3, 0.4) is 0 Å². The molecule has 0 atom stereocenters. The lowest BCUT2D eigenvalue weighted by atomic mass is 10.2. The van der Waals surface area contributed by atoms with Gasteiger partial charge in [-0.2, -0.15) is 0 Å². The molecule has 0 aliphatic rings. The Kier molecular flexibility index (Phi) is 6.48. The van der Waals surface area contributed by atoms with Crippen LogP contribution in [0, 0.1) is 10.1 Å². The maximum atomic E-state index is 12.5. The number of nitro groups is 1. The number of benzene rings is 2. The fraction of sp³-hybridized carbons (Fsp3) is 0.235. The smallest absolute Gasteiger partial charge is 0.271 e. The van der Waals surface area contributed by atoms with Gasteiger partial charge in [-0.05, 0) is 30.7 Å². The fourth-order valence-electron chi connectivity index (χ4n) is 2.24. The number of anilines is 1. The van der Waals surface area contributed by atoms with E-state index in [1.165, 1.54) is 49.6 Å². The SMILES string of the molecule is CCCNS(=O)(=O)c1cc(C(=O)Nc2cccc([N+](=O)[O-])c2)ccc1OC. The van der Waals surface area contributed by atoms with Crippen molar-refractivity contribution >= 4 is 27.3 Å². The van der Waals surface area contributed by atoms with E-state index >= 15 is 0 Å². The summed E-state index contributed by atoms with van der Waals surface area (Å²) < 4.78 is 32.4. The molecule has 2 aromatic carbocycles. The molecule has 0 saturated heterocycles. The van der Waals surface area contributed by atoms with Gasteiger partial charge in [-0.3, -0.25) is 14.9 Å². The third-order valence-electron chi connectivity index (χ3n) is 3.57. The topological polar surface area (TPSA) is 128 Å². The summed E-state index contributed by atoms with van der Waals surface area (Å²) in [6.07, 6.45) is 0.606. The predicted molar refractivity (Wildman–Crippen MR) is 99.5 cm³/mol. The molecule has 0 aliphatic heterocycles. The van der Waals surface area contributed by atoms with E-state index in [0.717, 1.165) is 0 Å². The monoisotopic (exact) mass is 393 g/mol. The molecule has 2 rings (SSSR count). The number of nitro benzene ring substituents is 1. The number of hydrogen-bond acceptors (Lipinski definition) is 6. The molecule has 0 saturated carbocycles. The molecule has 0 aromatic heterocycles. The number of carbonyl (C=O) groups excluding carboxylic acids is 1. The minimum Gasteiger partial charge on any atom is -0.495 e. The van der Waals surface area contributed by atoms with E-state index in [9.17, 15) is 23.3 Å². The van der Waals surface area contributed by atoms with Gasteiger partial charge in [-0.15, -0.1) is 0 Å². The van der Waals surface area contributed by atoms with Crippen LogP contribution in [0.15, 0.2) is 47.4 Å². The first-order valence-corrected chi connectivity index (χ1v) is 9.50. The molecule has 1 amide bonds. The van der Waals surface area contributed by atoms with Crippen LogP contribution in [0.2, 0.25) is 0 Å². The number of nitrogens with zero attached hydrogens (tertiary/aromatic N) is 1. The molecule has 27 heavy (non-hydrogen) atoms. The molecular formula is C17H19N3O6S. The average Bonchev–Trinajstić information content (AvgIpc) is 2.66. The molecule has 0 unspecified atom stereocenters. The van der Waals surface area contributed by atoms with Gasteiger partial charge >= 0.3 is 0 Å². The van der Waals surface area contributed by atoms with Crippen LogP contribution in [-0.2, 0) is 10.0 Å². The van der Waals surface area contributed by atoms with E-state index in [2.05, 4.69) is 10.0 Å². The number of hydrogen-bond donors (Lipinski definition) is 2. The van der Waals surface area contributed by atoms with Crippen LogP contribution >= 0.6 is 0 Å². The van der Waals surface area contributed by atoms with Crippen LogP contribution in [0.4, 0.5) is 11.4 Å². The highest BCUT2D eigenvalue weighted by molar-refractivity contribution is 7.89. The molecule has 0 spiro atoms. The Bertz CT molecular complexity index is 959. The van der Waals surface area contributed by atoms with Crippen molar-refractivity contribution in [1.29, 1.82) is 0 Å². The largest absolute Gasteiger partial charge is 0.495 e. The van der Waals surface area contributed by atoms with Gasteiger partial charge in [0.25, 0.3) is 11.6 Å². The molecule has 2 N–H and O–H groups in total. The molecule has 0 aliphatic carbocycles. The van der Waals surface area contributed by atoms with E-state index in [4.69, 9.17) is 4.74 Å². The number of non-ortho nitro benzene ring substituents is 1. The summed E-state index contributed by atoms with van der Waals surface area (Å²) >= 11 is 0. The third-order valence-corrected chi connectivity index (χ3v) is 5.05. The maximum Gasteiger partial charge on any atom is 0.271 e.